The second-order valence-electron chi connectivity index (χ2n) is 5.48. The molecule has 1 aromatic carbocycles. The zero-order valence-corrected chi connectivity index (χ0v) is 12.8. The van der Waals surface area contributed by atoms with E-state index in [1.54, 1.807) is 17.0 Å². The highest BCUT2D eigenvalue weighted by Gasteiger charge is 2.34. The number of aromatic nitrogens is 1. The van der Waals surface area contributed by atoms with E-state index in [-0.39, 0.29) is 18.5 Å². The van der Waals surface area contributed by atoms with E-state index < -0.39 is 6.10 Å². The Morgan fingerprint density at radius 3 is 2.59 bits per heavy atom. The molecule has 1 aromatic heterocycles. The van der Waals surface area contributed by atoms with Crippen LogP contribution in [0.3, 0.4) is 0 Å². The molecule has 1 aliphatic rings. The number of carbonyl (C=O) groups is 1. The summed E-state index contributed by atoms with van der Waals surface area (Å²) in [6, 6.07) is 12.9. The molecule has 1 atom stereocenters. The van der Waals surface area contributed by atoms with Crippen molar-refractivity contribution in [3.8, 4) is 0 Å². The summed E-state index contributed by atoms with van der Waals surface area (Å²) < 4.78 is 0. The molecule has 0 radical (unpaired) electrons. The Labute approximate surface area is 134 Å². The Kier molecular flexibility index (Phi) is 4.41. The summed E-state index contributed by atoms with van der Waals surface area (Å²) in [6.45, 7) is 0.276. The minimum atomic E-state index is -0.696. The summed E-state index contributed by atoms with van der Waals surface area (Å²) in [4.78, 5) is 18.4. The number of benzene rings is 1. The summed E-state index contributed by atoms with van der Waals surface area (Å²) in [5, 5.41) is 10.9. The zero-order chi connectivity index (χ0) is 15.5. The average Bonchev–Trinajstić information content (AvgIpc) is 3.38. The predicted molar refractivity (Wildman–Crippen MR) is 84.7 cm³/mol. The standard InChI is InChI=1S/C17H17ClN2O2/c18-13-6-9-15(19-10-13)17(22)20(14-7-8-14)11-16(21)12-4-2-1-3-5-12/h1-6,9-10,14,16,21H,7-8,11H2. The number of nitrogens with zero attached hydrogens (tertiary/aromatic N) is 2. The predicted octanol–water partition coefficient (Wildman–Crippen LogP) is 3.07. The first-order valence-electron chi connectivity index (χ1n) is 7.30. The number of carbonyl (C=O) groups excluding carboxylic acids is 1. The number of rotatable bonds is 5. The molecule has 1 N–H and O–H groups in total. The highest BCUT2D eigenvalue weighted by Crippen LogP contribution is 2.30. The molecule has 4 nitrogen and oxygen atoms in total. The first-order chi connectivity index (χ1) is 10.6. The first-order valence-corrected chi connectivity index (χ1v) is 7.68. The Morgan fingerprint density at radius 2 is 2.00 bits per heavy atom. The second-order valence-corrected chi connectivity index (χ2v) is 5.91. The minimum Gasteiger partial charge on any atom is -0.387 e. The molecule has 0 bridgehead atoms. The van der Waals surface area contributed by atoms with Crippen LogP contribution >= 0.6 is 11.6 Å². The Hall–Kier alpha value is -1.91. The molecular weight excluding hydrogens is 300 g/mol. The summed E-state index contributed by atoms with van der Waals surface area (Å²) in [5.41, 5.74) is 1.17. The Morgan fingerprint density at radius 1 is 1.27 bits per heavy atom. The molecule has 114 valence electrons. The fraction of sp³-hybridized carbons (Fsp3) is 0.294. The van der Waals surface area contributed by atoms with Crippen LogP contribution in [0.25, 0.3) is 0 Å². The van der Waals surface area contributed by atoms with Gasteiger partial charge in [-0.2, -0.15) is 0 Å². The molecule has 3 rings (SSSR count). The first kappa shape index (κ1) is 15.0. The van der Waals surface area contributed by atoms with Gasteiger partial charge in [0.05, 0.1) is 17.7 Å². The van der Waals surface area contributed by atoms with Crippen molar-refractivity contribution in [1.29, 1.82) is 0 Å². The van der Waals surface area contributed by atoms with Crippen LogP contribution in [0.4, 0.5) is 0 Å². The van der Waals surface area contributed by atoms with Crippen LogP contribution in [0.2, 0.25) is 5.02 Å². The van der Waals surface area contributed by atoms with Gasteiger partial charge in [-0.15, -0.1) is 0 Å². The molecular formula is C17H17ClN2O2. The topological polar surface area (TPSA) is 53.4 Å². The van der Waals surface area contributed by atoms with Crippen LogP contribution in [-0.4, -0.2) is 33.5 Å². The van der Waals surface area contributed by atoms with E-state index in [4.69, 9.17) is 11.6 Å². The lowest BCUT2D eigenvalue weighted by atomic mass is 10.1. The number of halogens is 1. The van der Waals surface area contributed by atoms with Gasteiger partial charge in [-0.1, -0.05) is 41.9 Å². The molecule has 0 aliphatic heterocycles. The van der Waals surface area contributed by atoms with E-state index >= 15 is 0 Å². The molecule has 22 heavy (non-hydrogen) atoms. The minimum absolute atomic E-state index is 0.158. The van der Waals surface area contributed by atoms with Crippen LogP contribution in [0.1, 0.15) is 35.0 Å². The lowest BCUT2D eigenvalue weighted by Gasteiger charge is -2.25. The Bertz CT molecular complexity index is 641. The van der Waals surface area contributed by atoms with Gasteiger partial charge in [0.15, 0.2) is 0 Å². The van der Waals surface area contributed by atoms with Crippen molar-refractivity contribution in [1.82, 2.24) is 9.88 Å². The van der Waals surface area contributed by atoms with Crippen molar-refractivity contribution in [2.24, 2.45) is 0 Å². The molecule has 1 saturated carbocycles. The van der Waals surface area contributed by atoms with Crippen LogP contribution in [0.5, 0.6) is 0 Å². The number of amides is 1. The number of aliphatic hydroxyl groups excluding tert-OH is 1. The van der Waals surface area contributed by atoms with Gasteiger partial charge < -0.3 is 10.0 Å². The molecule has 1 aliphatic carbocycles. The molecule has 0 saturated heterocycles. The average molecular weight is 317 g/mol. The second kappa shape index (κ2) is 6.46. The largest absolute Gasteiger partial charge is 0.387 e. The van der Waals surface area contributed by atoms with E-state index in [2.05, 4.69) is 4.98 Å². The zero-order valence-electron chi connectivity index (χ0n) is 12.0. The summed E-state index contributed by atoms with van der Waals surface area (Å²) in [5.74, 6) is -0.158. The maximum Gasteiger partial charge on any atom is 0.272 e. The van der Waals surface area contributed by atoms with Gasteiger partial charge in [0.25, 0.3) is 5.91 Å². The fourth-order valence-electron chi connectivity index (χ4n) is 2.40. The third kappa shape index (κ3) is 3.46. The van der Waals surface area contributed by atoms with Crippen molar-refractivity contribution in [3.05, 3.63) is 64.9 Å². The third-order valence-electron chi connectivity index (χ3n) is 3.75. The molecule has 1 heterocycles. The van der Waals surface area contributed by atoms with E-state index in [9.17, 15) is 9.90 Å². The SMILES string of the molecule is O=C(c1ccc(Cl)cn1)N(CC(O)c1ccccc1)C1CC1. The van der Waals surface area contributed by atoms with Gasteiger partial charge in [0.1, 0.15) is 5.69 Å². The molecule has 5 heteroatoms. The maximum atomic E-state index is 12.6. The Balaban J connectivity index is 1.75. The molecule has 1 unspecified atom stereocenters. The summed E-state index contributed by atoms with van der Waals surface area (Å²) in [6.07, 6.45) is 2.72. The van der Waals surface area contributed by atoms with Crippen LogP contribution in [0.15, 0.2) is 48.7 Å². The van der Waals surface area contributed by atoms with Crippen molar-refractivity contribution in [2.75, 3.05) is 6.54 Å². The number of hydrogen-bond acceptors (Lipinski definition) is 3. The molecule has 1 fully saturated rings. The van der Waals surface area contributed by atoms with Crippen LogP contribution in [0, 0.1) is 0 Å². The normalized spacial score (nSPS) is 15.4. The van der Waals surface area contributed by atoms with Gasteiger partial charge in [0, 0.05) is 12.2 Å². The summed E-state index contributed by atoms with van der Waals surface area (Å²) >= 11 is 5.81. The molecule has 0 spiro atoms. The third-order valence-corrected chi connectivity index (χ3v) is 3.97. The summed E-state index contributed by atoms with van der Waals surface area (Å²) in [7, 11) is 0. The highest BCUT2D eigenvalue weighted by molar-refractivity contribution is 6.30. The highest BCUT2D eigenvalue weighted by atomic mass is 35.5. The maximum absolute atomic E-state index is 12.6. The smallest absolute Gasteiger partial charge is 0.272 e. The number of aliphatic hydroxyl groups is 1. The number of hydrogen-bond donors (Lipinski definition) is 1. The van der Waals surface area contributed by atoms with Crippen molar-refractivity contribution < 1.29 is 9.90 Å². The lowest BCUT2D eigenvalue weighted by Crippen LogP contribution is -2.37. The van der Waals surface area contributed by atoms with Gasteiger partial charge in [-0.05, 0) is 30.5 Å². The van der Waals surface area contributed by atoms with Crippen molar-refractivity contribution >= 4 is 17.5 Å². The quantitative estimate of drug-likeness (QED) is 0.922. The molecule has 2 aromatic rings. The van der Waals surface area contributed by atoms with Gasteiger partial charge in [-0.3, -0.25) is 4.79 Å². The van der Waals surface area contributed by atoms with E-state index in [1.165, 1.54) is 6.20 Å². The fourth-order valence-corrected chi connectivity index (χ4v) is 2.51. The van der Waals surface area contributed by atoms with Crippen molar-refractivity contribution in [3.63, 3.8) is 0 Å². The van der Waals surface area contributed by atoms with Crippen LogP contribution in [-0.2, 0) is 0 Å². The van der Waals surface area contributed by atoms with Gasteiger partial charge >= 0.3 is 0 Å². The van der Waals surface area contributed by atoms with Crippen LogP contribution < -0.4 is 0 Å². The monoisotopic (exact) mass is 316 g/mol. The molecule has 1 amide bonds. The van der Waals surface area contributed by atoms with Crippen molar-refractivity contribution in [2.45, 2.75) is 25.0 Å². The number of pyridine rings is 1. The van der Waals surface area contributed by atoms with E-state index in [1.807, 2.05) is 30.3 Å². The van der Waals surface area contributed by atoms with E-state index in [0.717, 1.165) is 18.4 Å². The van der Waals surface area contributed by atoms with Gasteiger partial charge in [0.2, 0.25) is 0 Å². The van der Waals surface area contributed by atoms with Gasteiger partial charge in [-0.25, -0.2) is 4.98 Å². The van der Waals surface area contributed by atoms with E-state index in [0.29, 0.717) is 10.7 Å². The lowest BCUT2D eigenvalue weighted by molar-refractivity contribution is 0.0598.